The molecule has 0 saturated carbocycles. The van der Waals surface area contributed by atoms with E-state index >= 15 is 4.39 Å². The summed E-state index contributed by atoms with van der Waals surface area (Å²) < 4.78 is 21.5. The lowest BCUT2D eigenvalue weighted by atomic mass is 9.97. The van der Waals surface area contributed by atoms with Crippen LogP contribution in [0.2, 0.25) is 0 Å². The zero-order chi connectivity index (χ0) is 16.8. The summed E-state index contributed by atoms with van der Waals surface area (Å²) in [6, 6.07) is 0. The summed E-state index contributed by atoms with van der Waals surface area (Å²) in [6.07, 6.45) is 1.95. The minimum atomic E-state index is -2.61. The van der Waals surface area contributed by atoms with Crippen LogP contribution in [0.3, 0.4) is 0 Å². The molecule has 0 aromatic carbocycles. The van der Waals surface area contributed by atoms with Crippen molar-refractivity contribution in [3.05, 3.63) is 16.7 Å². The molecule has 0 amide bonds. The second kappa shape index (κ2) is 5.31. The Morgan fingerprint density at radius 2 is 2.43 bits per heavy atom. The van der Waals surface area contributed by atoms with E-state index in [1.54, 1.807) is 7.05 Å². The molecular formula is C13H14FN5O4. The number of anilines is 1. The number of ether oxygens (including phenoxy) is 1. The lowest BCUT2D eigenvalue weighted by molar-refractivity contribution is -0.0504. The zero-order valence-corrected chi connectivity index (χ0v) is 12.0. The summed E-state index contributed by atoms with van der Waals surface area (Å²) in [7, 11) is 1.54. The van der Waals surface area contributed by atoms with Gasteiger partial charge in [-0.25, -0.2) is 9.37 Å². The lowest BCUT2D eigenvalue weighted by Crippen LogP contribution is -2.42. The Hall–Kier alpha value is -2.48. The van der Waals surface area contributed by atoms with Crippen LogP contribution in [-0.4, -0.2) is 61.3 Å². The minimum absolute atomic E-state index is 0.0334. The van der Waals surface area contributed by atoms with Gasteiger partial charge in [-0.15, -0.1) is 6.42 Å². The van der Waals surface area contributed by atoms with Crippen LogP contribution in [0.15, 0.2) is 11.1 Å². The quantitative estimate of drug-likeness (QED) is 0.520. The Bertz CT molecular complexity index is 843. The molecule has 3 rings (SSSR count). The van der Waals surface area contributed by atoms with Crippen LogP contribution >= 0.6 is 0 Å². The SMILES string of the molecule is C#CC1(F)C(O)C(CO)OC1n1cnc2c(=O)[nH]c(NC)nc21. The Morgan fingerprint density at radius 1 is 1.70 bits per heavy atom. The van der Waals surface area contributed by atoms with Gasteiger partial charge in [-0.1, -0.05) is 5.92 Å². The van der Waals surface area contributed by atoms with Crippen LogP contribution in [0.4, 0.5) is 10.3 Å². The third-order valence-corrected chi connectivity index (χ3v) is 3.77. The molecule has 23 heavy (non-hydrogen) atoms. The maximum absolute atomic E-state index is 15.0. The molecule has 10 heteroatoms. The molecule has 1 aliphatic heterocycles. The predicted octanol–water partition coefficient (Wildman–Crippen LogP) is -1.25. The maximum atomic E-state index is 15.0. The number of nitrogens with zero attached hydrogens (tertiary/aromatic N) is 3. The van der Waals surface area contributed by atoms with Crippen LogP contribution in [-0.2, 0) is 4.74 Å². The first kappa shape index (κ1) is 15.4. The molecule has 0 spiro atoms. The van der Waals surface area contributed by atoms with Gasteiger partial charge in [0, 0.05) is 7.05 Å². The highest BCUT2D eigenvalue weighted by Gasteiger charge is 2.57. The summed E-state index contributed by atoms with van der Waals surface area (Å²) in [5, 5.41) is 21.8. The number of H-pyrrole nitrogens is 1. The maximum Gasteiger partial charge on any atom is 0.280 e. The third kappa shape index (κ3) is 2.09. The van der Waals surface area contributed by atoms with Crippen molar-refractivity contribution in [3.8, 4) is 12.3 Å². The van der Waals surface area contributed by atoms with Crippen LogP contribution < -0.4 is 10.9 Å². The molecule has 0 bridgehead atoms. The summed E-state index contributed by atoms with van der Waals surface area (Å²) in [6.45, 7) is -0.618. The van der Waals surface area contributed by atoms with Gasteiger partial charge in [-0.3, -0.25) is 14.3 Å². The molecule has 2 aromatic heterocycles. The third-order valence-electron chi connectivity index (χ3n) is 3.77. The first-order valence-corrected chi connectivity index (χ1v) is 6.72. The summed E-state index contributed by atoms with van der Waals surface area (Å²) in [4.78, 5) is 22.4. The fourth-order valence-corrected chi connectivity index (χ4v) is 2.54. The van der Waals surface area contributed by atoms with E-state index in [1.165, 1.54) is 0 Å². The number of aliphatic hydroxyl groups excluding tert-OH is 2. The number of halogens is 1. The number of hydrogen-bond donors (Lipinski definition) is 4. The zero-order valence-electron chi connectivity index (χ0n) is 12.0. The number of terminal acetylenes is 1. The van der Waals surface area contributed by atoms with Gasteiger partial charge >= 0.3 is 0 Å². The summed E-state index contributed by atoms with van der Waals surface area (Å²) in [5.41, 5.74) is -3.13. The average Bonchev–Trinajstić information content (AvgIpc) is 3.08. The van der Waals surface area contributed by atoms with E-state index in [9.17, 15) is 15.0 Å². The van der Waals surface area contributed by atoms with Gasteiger partial charge in [0.15, 0.2) is 17.4 Å². The highest BCUT2D eigenvalue weighted by Crippen LogP contribution is 2.41. The summed E-state index contributed by atoms with van der Waals surface area (Å²) >= 11 is 0. The second-order valence-electron chi connectivity index (χ2n) is 5.06. The number of aromatic amines is 1. The number of hydrogen-bond acceptors (Lipinski definition) is 7. The van der Waals surface area contributed by atoms with E-state index < -0.39 is 36.3 Å². The minimum Gasteiger partial charge on any atom is -0.394 e. The first-order chi connectivity index (χ1) is 11.0. The fraction of sp³-hybridized carbons (Fsp3) is 0.462. The van der Waals surface area contributed by atoms with E-state index in [4.69, 9.17) is 11.2 Å². The van der Waals surface area contributed by atoms with E-state index in [2.05, 4.69) is 20.3 Å². The van der Waals surface area contributed by atoms with Crippen molar-refractivity contribution in [2.24, 2.45) is 0 Å². The van der Waals surface area contributed by atoms with E-state index in [0.717, 1.165) is 10.9 Å². The van der Waals surface area contributed by atoms with Crippen LogP contribution in [0, 0.1) is 12.3 Å². The standard InChI is InChI=1S/C13H14FN5O4/c1-3-13(14)8(21)6(4-20)23-11(13)19-5-16-7-9(19)17-12(15-2)18-10(7)22/h1,5-6,8,11,20-21H,4H2,2H3,(H2,15,17,18,22). The van der Waals surface area contributed by atoms with Gasteiger partial charge < -0.3 is 20.3 Å². The normalized spacial score (nSPS) is 30.5. The number of aliphatic hydroxyl groups is 2. The van der Waals surface area contributed by atoms with Crippen LogP contribution in [0.25, 0.3) is 11.2 Å². The lowest BCUT2D eigenvalue weighted by Gasteiger charge is -2.23. The molecule has 4 atom stereocenters. The molecule has 4 N–H and O–H groups in total. The fourth-order valence-electron chi connectivity index (χ4n) is 2.54. The predicted molar refractivity (Wildman–Crippen MR) is 77.4 cm³/mol. The highest BCUT2D eigenvalue weighted by atomic mass is 19.1. The molecule has 3 heterocycles. The Morgan fingerprint density at radius 3 is 3.04 bits per heavy atom. The summed E-state index contributed by atoms with van der Waals surface area (Å²) in [5.74, 6) is 2.01. The molecular weight excluding hydrogens is 309 g/mol. The van der Waals surface area contributed by atoms with Gasteiger partial charge in [-0.05, 0) is 0 Å². The molecule has 2 aromatic rings. The van der Waals surface area contributed by atoms with Crippen LogP contribution in [0.1, 0.15) is 6.23 Å². The van der Waals surface area contributed by atoms with Crippen molar-refractivity contribution in [2.45, 2.75) is 24.1 Å². The number of alkyl halides is 1. The Kier molecular flexibility index (Phi) is 3.56. The molecule has 1 aliphatic rings. The smallest absolute Gasteiger partial charge is 0.280 e. The van der Waals surface area contributed by atoms with Gasteiger partial charge in [-0.2, -0.15) is 4.98 Å². The van der Waals surface area contributed by atoms with E-state index in [-0.39, 0.29) is 17.1 Å². The molecule has 9 nitrogen and oxygen atoms in total. The first-order valence-electron chi connectivity index (χ1n) is 6.72. The van der Waals surface area contributed by atoms with Crippen molar-refractivity contribution < 1.29 is 19.3 Å². The highest BCUT2D eigenvalue weighted by molar-refractivity contribution is 5.71. The monoisotopic (exact) mass is 323 g/mol. The molecule has 1 fully saturated rings. The topological polar surface area (TPSA) is 125 Å². The number of fused-ring (bicyclic) bond motifs is 1. The van der Waals surface area contributed by atoms with Crippen molar-refractivity contribution in [2.75, 3.05) is 19.0 Å². The number of imidazole rings is 1. The van der Waals surface area contributed by atoms with Crippen molar-refractivity contribution in [1.29, 1.82) is 0 Å². The largest absolute Gasteiger partial charge is 0.394 e. The molecule has 4 unspecified atom stereocenters. The van der Waals surface area contributed by atoms with Gasteiger partial charge in [0.2, 0.25) is 11.6 Å². The van der Waals surface area contributed by atoms with E-state index in [1.807, 2.05) is 5.92 Å². The molecule has 122 valence electrons. The number of rotatable bonds is 3. The van der Waals surface area contributed by atoms with Gasteiger partial charge in [0.1, 0.15) is 12.2 Å². The number of aromatic nitrogens is 4. The van der Waals surface area contributed by atoms with Crippen molar-refractivity contribution in [1.82, 2.24) is 19.5 Å². The van der Waals surface area contributed by atoms with Crippen molar-refractivity contribution in [3.63, 3.8) is 0 Å². The van der Waals surface area contributed by atoms with Gasteiger partial charge in [0.05, 0.1) is 12.9 Å². The Balaban J connectivity index is 2.18. The molecule has 1 saturated heterocycles. The van der Waals surface area contributed by atoms with Crippen LogP contribution in [0.5, 0.6) is 0 Å². The number of nitrogens with one attached hydrogen (secondary N) is 2. The Labute approximate surface area is 129 Å². The second-order valence-corrected chi connectivity index (χ2v) is 5.06. The van der Waals surface area contributed by atoms with E-state index in [0.29, 0.717) is 0 Å². The molecule has 0 radical (unpaired) electrons. The average molecular weight is 323 g/mol. The molecule has 0 aliphatic carbocycles. The van der Waals surface area contributed by atoms with Gasteiger partial charge in [0.25, 0.3) is 5.56 Å². The van der Waals surface area contributed by atoms with Crippen molar-refractivity contribution >= 4 is 17.1 Å².